The van der Waals surface area contributed by atoms with E-state index < -0.39 is 0 Å². The van der Waals surface area contributed by atoms with E-state index in [1.807, 2.05) is 25.1 Å². The molecule has 0 atom stereocenters. The van der Waals surface area contributed by atoms with E-state index in [1.165, 1.54) is 4.57 Å². The average Bonchev–Trinajstić information content (AvgIpc) is 2.70. The van der Waals surface area contributed by atoms with Crippen LogP contribution in [0, 0.1) is 11.6 Å². The maximum atomic E-state index is 12.0. The van der Waals surface area contributed by atoms with Crippen molar-refractivity contribution < 1.29 is 4.79 Å². The number of hydrogen-bond donors (Lipinski definition) is 3. The minimum absolute atomic E-state index is 0.187. The number of pyridine rings is 1. The largest absolute Gasteiger partial charge is 0.378 e. The number of amides is 1. The molecule has 156 valence electrons. The molecule has 2 aromatic heterocycles. The van der Waals surface area contributed by atoms with Gasteiger partial charge in [0.15, 0.2) is 0 Å². The van der Waals surface area contributed by atoms with Crippen LogP contribution in [0.2, 0.25) is 0 Å². The third kappa shape index (κ3) is 3.86. The molecule has 0 spiro atoms. The number of carbonyl (C=O) groups excluding carboxylic acids is 1. The highest BCUT2D eigenvalue weighted by Gasteiger charge is 2.27. The van der Waals surface area contributed by atoms with Crippen molar-refractivity contribution in [3.8, 4) is 0 Å². The predicted octanol–water partition coefficient (Wildman–Crippen LogP) is 1.96. The number of aryl methyl sites for hydroxylation is 1. The fraction of sp³-hybridized carbons (Fsp3) is 0.333. The third-order valence-electron chi connectivity index (χ3n) is 5.43. The summed E-state index contributed by atoms with van der Waals surface area (Å²) in [6.07, 6.45) is 0. The van der Waals surface area contributed by atoms with E-state index in [0.717, 1.165) is 47.5 Å². The van der Waals surface area contributed by atoms with Crippen molar-refractivity contribution in [1.82, 2.24) is 24.8 Å². The van der Waals surface area contributed by atoms with Gasteiger partial charge in [0.1, 0.15) is 10.3 Å². The number of nitrogens with zero attached hydrogens (tertiary/aromatic N) is 3. The van der Waals surface area contributed by atoms with Crippen molar-refractivity contribution in [1.29, 1.82) is 0 Å². The van der Waals surface area contributed by atoms with Gasteiger partial charge in [0.2, 0.25) is 0 Å². The molecule has 1 fully saturated rings. The molecule has 1 aromatic carbocycles. The van der Waals surface area contributed by atoms with Crippen molar-refractivity contribution >= 4 is 34.7 Å². The Balaban J connectivity index is 1.38. The molecule has 30 heavy (non-hydrogen) atoms. The Bertz CT molecular complexity index is 1240. The molecule has 1 aliphatic heterocycles. The van der Waals surface area contributed by atoms with E-state index in [1.54, 1.807) is 20.2 Å². The number of likely N-dealkylation sites (tertiary alicyclic amines) is 1. The summed E-state index contributed by atoms with van der Waals surface area (Å²) in [5, 5.41) is 6.96. The summed E-state index contributed by atoms with van der Waals surface area (Å²) < 4.78 is 1.99. The van der Waals surface area contributed by atoms with E-state index in [9.17, 15) is 9.59 Å². The van der Waals surface area contributed by atoms with Crippen molar-refractivity contribution in [3.63, 3.8) is 0 Å². The van der Waals surface area contributed by atoms with E-state index in [-0.39, 0.29) is 11.6 Å². The Morgan fingerprint density at radius 2 is 2.07 bits per heavy atom. The first-order valence-corrected chi connectivity index (χ1v) is 10.2. The molecule has 0 bridgehead atoms. The predicted molar refractivity (Wildman–Crippen MR) is 119 cm³/mol. The number of aromatic amines is 1. The van der Waals surface area contributed by atoms with E-state index in [0.29, 0.717) is 16.4 Å². The molecule has 0 radical (unpaired) electrons. The molecule has 4 rings (SSSR count). The number of aromatic nitrogens is 3. The van der Waals surface area contributed by atoms with Crippen LogP contribution in [-0.4, -0.2) is 51.5 Å². The first-order valence-electron chi connectivity index (χ1n) is 9.76. The Morgan fingerprint density at radius 3 is 2.77 bits per heavy atom. The normalized spacial score (nSPS) is 14.5. The second kappa shape index (κ2) is 8.00. The molecule has 3 heterocycles. The highest BCUT2D eigenvalue weighted by atomic mass is 32.1. The van der Waals surface area contributed by atoms with Crippen molar-refractivity contribution in [3.05, 3.63) is 62.4 Å². The zero-order valence-corrected chi connectivity index (χ0v) is 18.0. The number of anilines is 1. The second-order valence-corrected chi connectivity index (χ2v) is 8.00. The maximum Gasteiger partial charge on any atom is 0.326 e. The first-order chi connectivity index (χ1) is 14.4. The van der Waals surface area contributed by atoms with E-state index in [4.69, 9.17) is 12.2 Å². The molecular weight excluding hydrogens is 400 g/mol. The number of nitrogens with one attached hydrogen (secondary N) is 3. The fourth-order valence-corrected chi connectivity index (χ4v) is 3.95. The molecule has 8 nitrogen and oxygen atoms in total. The summed E-state index contributed by atoms with van der Waals surface area (Å²) in [6, 6.07) is 9.99. The molecule has 0 unspecified atom stereocenters. The summed E-state index contributed by atoms with van der Waals surface area (Å²) in [5.41, 5.74) is 3.87. The lowest BCUT2D eigenvalue weighted by atomic mass is 10.1. The zero-order valence-electron chi connectivity index (χ0n) is 17.2. The quantitative estimate of drug-likeness (QED) is 0.542. The van der Waals surface area contributed by atoms with Crippen LogP contribution in [0.1, 0.15) is 21.7 Å². The Morgan fingerprint density at radius 1 is 1.30 bits per heavy atom. The van der Waals surface area contributed by atoms with Crippen LogP contribution in [0.25, 0.3) is 10.9 Å². The molecule has 0 saturated carbocycles. The second-order valence-electron chi connectivity index (χ2n) is 7.62. The minimum Gasteiger partial charge on any atom is -0.378 e. The molecule has 3 N–H and O–H groups in total. The van der Waals surface area contributed by atoms with Gasteiger partial charge in [-0.3, -0.25) is 14.3 Å². The minimum atomic E-state index is -0.204. The molecule has 3 aromatic rings. The fourth-order valence-electron chi connectivity index (χ4n) is 3.69. The topological polar surface area (TPSA) is 95.0 Å². The highest BCUT2D eigenvalue weighted by Crippen LogP contribution is 2.21. The molecule has 1 aliphatic rings. The van der Waals surface area contributed by atoms with Gasteiger partial charge < -0.3 is 15.6 Å². The Kier molecular flexibility index (Phi) is 5.40. The number of rotatable bonds is 5. The van der Waals surface area contributed by atoms with Gasteiger partial charge in [-0.2, -0.15) is 0 Å². The SMILES string of the molecule is CNC(=O)c1ccc(NC2CN(Cc3ccc4c(=S)n(C)c(=O)[nH]c4c3)C2)c(C)n1. The van der Waals surface area contributed by atoms with Crippen molar-refractivity contribution in [2.75, 3.05) is 25.5 Å². The first kappa shape index (κ1) is 20.2. The number of H-pyrrole nitrogens is 1. The van der Waals surface area contributed by atoms with Crippen molar-refractivity contribution in [2.45, 2.75) is 19.5 Å². The number of fused-ring (bicyclic) bond motifs is 1. The third-order valence-corrected chi connectivity index (χ3v) is 5.93. The van der Waals surface area contributed by atoms with Gasteiger partial charge >= 0.3 is 5.69 Å². The lowest BCUT2D eigenvalue weighted by Gasteiger charge is -2.40. The summed E-state index contributed by atoms with van der Waals surface area (Å²) >= 11 is 5.36. The standard InChI is InChI=1S/C21H24N6O2S/c1-12-16(6-7-17(23-12)19(28)22-2)24-14-10-27(11-14)9-13-4-5-15-18(8-13)25-21(29)26(3)20(15)30/h4-8,14,24H,9-11H2,1-3H3,(H,22,28)(H,25,29). The van der Waals surface area contributed by atoms with Gasteiger partial charge in [-0.25, -0.2) is 9.78 Å². The Labute approximate surface area is 178 Å². The lowest BCUT2D eigenvalue weighted by molar-refractivity contribution is 0.0958. The molecule has 9 heteroatoms. The van der Waals surface area contributed by atoms with E-state index in [2.05, 4.69) is 31.6 Å². The van der Waals surface area contributed by atoms with Crippen molar-refractivity contribution in [2.24, 2.45) is 7.05 Å². The smallest absolute Gasteiger partial charge is 0.326 e. The van der Waals surface area contributed by atoms with Crippen LogP contribution in [0.3, 0.4) is 0 Å². The molecule has 1 amide bonds. The van der Waals surface area contributed by atoms with Crippen LogP contribution in [-0.2, 0) is 13.6 Å². The lowest BCUT2D eigenvalue weighted by Crippen LogP contribution is -2.54. The van der Waals surface area contributed by atoms with Crippen LogP contribution in [0.15, 0.2) is 35.1 Å². The van der Waals surface area contributed by atoms with Crippen LogP contribution in [0.4, 0.5) is 5.69 Å². The zero-order chi connectivity index (χ0) is 21.4. The highest BCUT2D eigenvalue weighted by molar-refractivity contribution is 7.71. The van der Waals surface area contributed by atoms with Gasteiger partial charge in [0.05, 0.1) is 22.9 Å². The molecular formula is C21H24N6O2S. The van der Waals surface area contributed by atoms with Crippen LogP contribution in [0.5, 0.6) is 0 Å². The van der Waals surface area contributed by atoms with Gasteiger partial charge in [-0.15, -0.1) is 0 Å². The summed E-state index contributed by atoms with van der Waals surface area (Å²) in [5.74, 6) is -0.187. The average molecular weight is 425 g/mol. The number of carbonyl (C=O) groups is 1. The monoisotopic (exact) mass is 424 g/mol. The summed E-state index contributed by atoms with van der Waals surface area (Å²) in [7, 11) is 3.27. The number of hydrogen-bond acceptors (Lipinski definition) is 6. The maximum absolute atomic E-state index is 12.0. The van der Waals surface area contributed by atoms with Gasteiger partial charge in [0.25, 0.3) is 5.91 Å². The van der Waals surface area contributed by atoms with Crippen LogP contribution < -0.4 is 16.3 Å². The van der Waals surface area contributed by atoms with Gasteiger partial charge in [-0.05, 0) is 36.8 Å². The number of benzene rings is 1. The van der Waals surface area contributed by atoms with Crippen LogP contribution >= 0.6 is 12.2 Å². The van der Waals surface area contributed by atoms with Gasteiger partial charge in [0, 0.05) is 39.1 Å². The van der Waals surface area contributed by atoms with E-state index >= 15 is 0 Å². The Hall–Kier alpha value is -3.04. The molecule has 1 saturated heterocycles. The van der Waals surface area contributed by atoms with Gasteiger partial charge in [-0.1, -0.05) is 18.3 Å². The molecule has 0 aliphatic carbocycles. The summed E-state index contributed by atoms with van der Waals surface area (Å²) in [6.45, 7) is 4.51. The summed E-state index contributed by atoms with van der Waals surface area (Å²) in [4.78, 5) is 33.2.